The van der Waals surface area contributed by atoms with Gasteiger partial charge in [0.2, 0.25) is 0 Å². The number of hydrogen-bond acceptors (Lipinski definition) is 5. The second-order valence-electron chi connectivity index (χ2n) is 6.33. The maximum atomic E-state index is 12.5. The Hall–Kier alpha value is -2.38. The molecule has 1 N–H and O–H groups in total. The van der Waals surface area contributed by atoms with Gasteiger partial charge in [-0.25, -0.2) is 0 Å². The van der Waals surface area contributed by atoms with Crippen LogP contribution in [-0.2, 0) is 16.1 Å². The summed E-state index contributed by atoms with van der Waals surface area (Å²) < 4.78 is 6.76. The minimum atomic E-state index is -0.242. The zero-order valence-electron chi connectivity index (χ0n) is 15.8. The molecule has 0 aliphatic rings. The molecule has 28 heavy (non-hydrogen) atoms. The van der Waals surface area contributed by atoms with Crippen molar-refractivity contribution in [1.29, 1.82) is 0 Å². The van der Waals surface area contributed by atoms with Crippen LogP contribution in [0.2, 0.25) is 5.02 Å². The van der Waals surface area contributed by atoms with Gasteiger partial charge < -0.3 is 10.1 Å². The van der Waals surface area contributed by atoms with Crippen molar-refractivity contribution in [3.8, 4) is 0 Å². The minimum Gasteiger partial charge on any atom is -0.466 e. The van der Waals surface area contributed by atoms with Gasteiger partial charge in [0.1, 0.15) is 4.83 Å². The van der Waals surface area contributed by atoms with Crippen molar-refractivity contribution >= 4 is 45.0 Å². The third-order valence-electron chi connectivity index (χ3n) is 4.26. The molecule has 0 fully saturated rings. The molecular weight excluding hydrogens is 398 g/mol. The molecule has 1 amide bonds. The topological polar surface area (TPSA) is 73.2 Å². The van der Waals surface area contributed by atoms with E-state index in [-0.39, 0.29) is 11.9 Å². The molecule has 3 aromatic rings. The van der Waals surface area contributed by atoms with Crippen LogP contribution in [0.4, 0.5) is 0 Å². The Morgan fingerprint density at radius 1 is 1.32 bits per heavy atom. The Kier molecular flexibility index (Phi) is 6.70. The molecule has 2 aromatic heterocycles. The predicted molar refractivity (Wildman–Crippen MR) is 111 cm³/mol. The number of thiophene rings is 1. The summed E-state index contributed by atoms with van der Waals surface area (Å²) in [6.07, 6.45) is 0.848. The molecule has 0 radical (unpaired) electrons. The van der Waals surface area contributed by atoms with Gasteiger partial charge in [0, 0.05) is 23.4 Å². The number of carbonyl (C=O) groups is 2. The molecule has 0 saturated heterocycles. The number of aryl methyl sites for hydroxylation is 1. The number of halogens is 1. The number of hydrogen-bond donors (Lipinski definition) is 1. The first-order chi connectivity index (χ1) is 13.5. The van der Waals surface area contributed by atoms with E-state index in [1.807, 2.05) is 41.9 Å². The molecule has 3 rings (SSSR count). The zero-order valence-corrected chi connectivity index (χ0v) is 17.4. The van der Waals surface area contributed by atoms with Gasteiger partial charge in [-0.2, -0.15) is 5.10 Å². The summed E-state index contributed by atoms with van der Waals surface area (Å²) in [5.41, 5.74) is 1.85. The number of ether oxygens (including phenoxy) is 1. The van der Waals surface area contributed by atoms with E-state index >= 15 is 0 Å². The average Bonchev–Trinajstić information content (AvgIpc) is 3.22. The lowest BCUT2D eigenvalue weighted by Crippen LogP contribution is -2.24. The average molecular weight is 420 g/mol. The van der Waals surface area contributed by atoms with Gasteiger partial charge in [-0.1, -0.05) is 29.8 Å². The summed E-state index contributed by atoms with van der Waals surface area (Å²) in [6, 6.07) is 9.53. The fourth-order valence-corrected chi connectivity index (χ4v) is 4.15. The summed E-state index contributed by atoms with van der Waals surface area (Å²) in [5, 5.41) is 9.10. The smallest absolute Gasteiger partial charge is 0.305 e. The van der Waals surface area contributed by atoms with E-state index in [0.717, 1.165) is 21.5 Å². The number of benzene rings is 1. The Balaban J connectivity index is 1.68. The zero-order chi connectivity index (χ0) is 20.1. The van der Waals surface area contributed by atoms with Crippen LogP contribution in [0.1, 0.15) is 40.7 Å². The second-order valence-corrected chi connectivity index (χ2v) is 7.77. The van der Waals surface area contributed by atoms with Crippen molar-refractivity contribution in [2.75, 3.05) is 13.2 Å². The van der Waals surface area contributed by atoms with Gasteiger partial charge in [-0.05, 0) is 38.0 Å². The molecular formula is C20H22ClN3O3S. The van der Waals surface area contributed by atoms with Crippen LogP contribution in [0, 0.1) is 6.92 Å². The maximum absolute atomic E-state index is 12.5. The SMILES string of the molecule is CCOC(=O)CCCNC(=O)c1cc2c(C)nn(Cc3ccccc3Cl)c2s1. The van der Waals surface area contributed by atoms with E-state index in [4.69, 9.17) is 16.3 Å². The van der Waals surface area contributed by atoms with Crippen molar-refractivity contribution in [2.24, 2.45) is 0 Å². The predicted octanol–water partition coefficient (Wildman–Crippen LogP) is 4.18. The molecule has 0 aliphatic carbocycles. The minimum absolute atomic E-state index is 0.145. The van der Waals surface area contributed by atoms with Gasteiger partial charge in [0.05, 0.1) is 23.7 Å². The molecule has 148 valence electrons. The number of nitrogens with one attached hydrogen (secondary N) is 1. The Morgan fingerprint density at radius 2 is 2.11 bits per heavy atom. The van der Waals surface area contributed by atoms with Crippen LogP contribution in [-0.4, -0.2) is 34.8 Å². The number of nitrogens with zero attached hydrogens (tertiary/aromatic N) is 2. The largest absolute Gasteiger partial charge is 0.466 e. The Morgan fingerprint density at radius 3 is 2.86 bits per heavy atom. The van der Waals surface area contributed by atoms with E-state index in [0.29, 0.717) is 42.4 Å². The summed E-state index contributed by atoms with van der Waals surface area (Å²) >= 11 is 7.67. The Bertz CT molecular complexity index is 996. The van der Waals surface area contributed by atoms with E-state index in [9.17, 15) is 9.59 Å². The first kappa shape index (κ1) is 20.4. The fourth-order valence-electron chi connectivity index (χ4n) is 2.87. The molecule has 0 aliphatic heterocycles. The molecule has 0 spiro atoms. The molecule has 0 bridgehead atoms. The molecule has 0 atom stereocenters. The first-order valence-corrected chi connectivity index (χ1v) is 10.3. The highest BCUT2D eigenvalue weighted by Crippen LogP contribution is 2.29. The van der Waals surface area contributed by atoms with Crippen LogP contribution in [0.15, 0.2) is 30.3 Å². The highest BCUT2D eigenvalue weighted by Gasteiger charge is 2.17. The van der Waals surface area contributed by atoms with Crippen LogP contribution in [0.5, 0.6) is 0 Å². The quantitative estimate of drug-likeness (QED) is 0.439. The van der Waals surface area contributed by atoms with Crippen LogP contribution < -0.4 is 5.32 Å². The second kappa shape index (κ2) is 9.21. The van der Waals surface area contributed by atoms with Crippen molar-refractivity contribution < 1.29 is 14.3 Å². The van der Waals surface area contributed by atoms with E-state index in [2.05, 4.69) is 10.4 Å². The van der Waals surface area contributed by atoms with Gasteiger partial charge in [0.25, 0.3) is 5.91 Å². The fraction of sp³-hybridized carbons (Fsp3) is 0.350. The standard InChI is InChI=1S/C20H22ClN3O3S/c1-3-27-18(25)9-6-10-22-19(26)17-11-15-13(2)23-24(20(15)28-17)12-14-7-4-5-8-16(14)21/h4-5,7-8,11H,3,6,9-10,12H2,1-2H3,(H,22,26). The number of esters is 1. The number of fused-ring (bicyclic) bond motifs is 1. The lowest BCUT2D eigenvalue weighted by Gasteiger charge is -2.05. The van der Waals surface area contributed by atoms with Crippen LogP contribution in [0.25, 0.3) is 10.2 Å². The van der Waals surface area contributed by atoms with Crippen molar-refractivity contribution in [2.45, 2.75) is 33.2 Å². The number of rotatable bonds is 8. The lowest BCUT2D eigenvalue weighted by atomic mass is 10.2. The van der Waals surface area contributed by atoms with Gasteiger partial charge in [-0.15, -0.1) is 11.3 Å². The van der Waals surface area contributed by atoms with Crippen molar-refractivity contribution in [3.05, 3.63) is 51.5 Å². The number of amides is 1. The van der Waals surface area contributed by atoms with Gasteiger partial charge in [0.15, 0.2) is 0 Å². The number of carbonyl (C=O) groups excluding carboxylic acids is 2. The summed E-state index contributed by atoms with van der Waals surface area (Å²) in [7, 11) is 0. The van der Waals surface area contributed by atoms with Crippen molar-refractivity contribution in [1.82, 2.24) is 15.1 Å². The summed E-state index contributed by atoms with van der Waals surface area (Å²) in [6.45, 7) is 5.05. The maximum Gasteiger partial charge on any atom is 0.305 e. The van der Waals surface area contributed by atoms with Gasteiger partial charge in [-0.3, -0.25) is 14.3 Å². The molecule has 8 heteroatoms. The highest BCUT2D eigenvalue weighted by atomic mass is 35.5. The normalized spacial score (nSPS) is 11.0. The molecule has 0 saturated carbocycles. The monoisotopic (exact) mass is 419 g/mol. The molecule has 6 nitrogen and oxygen atoms in total. The van der Waals surface area contributed by atoms with E-state index in [1.54, 1.807) is 6.92 Å². The van der Waals surface area contributed by atoms with Crippen LogP contribution >= 0.6 is 22.9 Å². The first-order valence-electron chi connectivity index (χ1n) is 9.13. The van der Waals surface area contributed by atoms with Gasteiger partial charge >= 0.3 is 5.97 Å². The molecule has 2 heterocycles. The summed E-state index contributed by atoms with van der Waals surface area (Å²) in [4.78, 5) is 25.4. The molecule has 1 aromatic carbocycles. The van der Waals surface area contributed by atoms with Crippen LogP contribution in [0.3, 0.4) is 0 Å². The number of aromatic nitrogens is 2. The van der Waals surface area contributed by atoms with E-state index < -0.39 is 0 Å². The van der Waals surface area contributed by atoms with Crippen molar-refractivity contribution in [3.63, 3.8) is 0 Å². The van der Waals surface area contributed by atoms with E-state index in [1.165, 1.54) is 11.3 Å². The highest BCUT2D eigenvalue weighted by molar-refractivity contribution is 7.20. The lowest BCUT2D eigenvalue weighted by molar-refractivity contribution is -0.143. The summed E-state index contributed by atoms with van der Waals surface area (Å²) in [5.74, 6) is -0.386. The molecule has 0 unspecified atom stereocenters. The third kappa shape index (κ3) is 4.72. The third-order valence-corrected chi connectivity index (χ3v) is 5.77. The Labute approximate surface area is 172 Å².